The predicted octanol–water partition coefficient (Wildman–Crippen LogP) is 3.32. The number of aryl methyl sites for hydroxylation is 4. The summed E-state index contributed by atoms with van der Waals surface area (Å²) in [6.07, 6.45) is 2.24. The van der Waals surface area contributed by atoms with Crippen LogP contribution in [0.3, 0.4) is 0 Å². The topological polar surface area (TPSA) is 7.76 Å². The van der Waals surface area contributed by atoms with Crippen LogP contribution in [0.25, 0.3) is 22.5 Å². The fraction of sp³-hybridized carbons (Fsp3) is 0.273. The lowest BCUT2D eigenvalue weighted by molar-refractivity contribution is -0.695. The van der Waals surface area contributed by atoms with Crippen LogP contribution in [0.2, 0.25) is 0 Å². The van der Waals surface area contributed by atoms with Gasteiger partial charge < -0.3 is 0 Å². The summed E-state index contributed by atoms with van der Waals surface area (Å²) in [5, 5.41) is 0. The molecule has 0 radical (unpaired) electrons. The second-order valence-corrected chi connectivity index (χ2v) is 7.04. The summed E-state index contributed by atoms with van der Waals surface area (Å²) in [6, 6.07) is 18.1. The van der Waals surface area contributed by atoms with E-state index in [1.807, 2.05) is 0 Å². The van der Waals surface area contributed by atoms with Crippen molar-refractivity contribution in [1.29, 1.82) is 0 Å². The van der Waals surface area contributed by atoms with Crippen LogP contribution in [-0.4, -0.2) is 0 Å². The Morgan fingerprint density at radius 2 is 1.08 bits per heavy atom. The van der Waals surface area contributed by atoms with E-state index in [2.05, 4.69) is 71.5 Å². The van der Waals surface area contributed by atoms with Crippen molar-refractivity contribution in [1.82, 2.24) is 0 Å². The van der Waals surface area contributed by atoms with E-state index in [-0.39, 0.29) is 0 Å². The molecule has 118 valence electrons. The van der Waals surface area contributed by atoms with Crippen LogP contribution < -0.4 is 9.13 Å². The summed E-state index contributed by atoms with van der Waals surface area (Å²) in [5.74, 6) is 0. The number of fused-ring (bicyclic) bond motifs is 7. The van der Waals surface area contributed by atoms with E-state index < -0.39 is 0 Å². The van der Waals surface area contributed by atoms with Crippen molar-refractivity contribution in [2.45, 2.75) is 39.8 Å². The zero-order chi connectivity index (χ0) is 16.3. The third-order valence-electron chi connectivity index (χ3n) is 5.72. The average molecular weight is 314 g/mol. The molecule has 2 aromatic heterocycles. The Morgan fingerprint density at radius 3 is 1.54 bits per heavy atom. The van der Waals surface area contributed by atoms with Crippen molar-refractivity contribution in [3.05, 3.63) is 71.0 Å². The van der Waals surface area contributed by atoms with Gasteiger partial charge in [0.15, 0.2) is 24.5 Å². The van der Waals surface area contributed by atoms with Gasteiger partial charge in [0.1, 0.15) is 0 Å². The first-order chi connectivity index (χ1) is 11.7. The van der Waals surface area contributed by atoms with Gasteiger partial charge in [0, 0.05) is 51.0 Å². The summed E-state index contributed by atoms with van der Waals surface area (Å²) in [5.41, 5.74) is 11.4. The maximum atomic E-state index is 2.48. The van der Waals surface area contributed by atoms with Gasteiger partial charge in [-0.15, -0.1) is 0 Å². The molecule has 0 spiro atoms. The van der Waals surface area contributed by atoms with E-state index in [9.17, 15) is 0 Å². The van der Waals surface area contributed by atoms with Crippen LogP contribution in [0.4, 0.5) is 0 Å². The molecule has 0 saturated heterocycles. The van der Waals surface area contributed by atoms with Crippen LogP contribution in [0.1, 0.15) is 22.5 Å². The average Bonchev–Trinajstić information content (AvgIpc) is 2.61. The number of pyridine rings is 2. The highest BCUT2D eigenvalue weighted by atomic mass is 15.0. The maximum absolute atomic E-state index is 2.48. The lowest BCUT2D eigenvalue weighted by Crippen LogP contribution is -2.45. The van der Waals surface area contributed by atoms with Gasteiger partial charge in [0.05, 0.1) is 11.1 Å². The molecule has 0 atom stereocenters. The standard InChI is InChI=1S/C22H22N2/c1-15-5-3-7-19-21-17(11-13-23(15)19)9-10-18-12-14-24-16(2)6-4-8-20(24)22(18)21/h3-10H,11-14H2,1-2H3/q+2. The van der Waals surface area contributed by atoms with Crippen LogP contribution in [0, 0.1) is 13.8 Å². The Bertz CT molecular complexity index is 905. The molecule has 2 heteroatoms. The first-order valence-corrected chi connectivity index (χ1v) is 8.88. The second-order valence-electron chi connectivity index (χ2n) is 7.04. The zero-order valence-electron chi connectivity index (χ0n) is 14.3. The summed E-state index contributed by atoms with van der Waals surface area (Å²) in [4.78, 5) is 0. The Balaban J connectivity index is 1.89. The maximum Gasteiger partial charge on any atom is 0.213 e. The molecule has 0 fully saturated rings. The van der Waals surface area contributed by atoms with Gasteiger partial charge in [-0.3, -0.25) is 0 Å². The summed E-state index contributed by atoms with van der Waals surface area (Å²) >= 11 is 0. The number of nitrogens with zero attached hydrogens (tertiary/aromatic N) is 2. The van der Waals surface area contributed by atoms with Crippen molar-refractivity contribution in [2.75, 3.05) is 0 Å². The molecule has 2 nitrogen and oxygen atoms in total. The molecule has 0 bridgehead atoms. The first-order valence-electron chi connectivity index (χ1n) is 8.88. The highest BCUT2D eigenvalue weighted by Crippen LogP contribution is 2.39. The van der Waals surface area contributed by atoms with Gasteiger partial charge in [-0.2, -0.15) is 9.13 Å². The van der Waals surface area contributed by atoms with E-state index in [4.69, 9.17) is 0 Å². The van der Waals surface area contributed by atoms with Crippen LogP contribution >= 0.6 is 0 Å². The van der Waals surface area contributed by atoms with Crippen molar-refractivity contribution in [3.63, 3.8) is 0 Å². The molecule has 2 aliphatic rings. The molecule has 0 N–H and O–H groups in total. The number of aromatic nitrogens is 2. The van der Waals surface area contributed by atoms with Gasteiger partial charge in [-0.05, 0) is 23.3 Å². The molecule has 24 heavy (non-hydrogen) atoms. The predicted molar refractivity (Wildman–Crippen MR) is 94.6 cm³/mol. The molecule has 1 aromatic carbocycles. The van der Waals surface area contributed by atoms with Crippen LogP contribution in [0.15, 0.2) is 48.5 Å². The fourth-order valence-electron chi connectivity index (χ4n) is 4.48. The fourth-order valence-corrected chi connectivity index (χ4v) is 4.48. The monoisotopic (exact) mass is 314 g/mol. The van der Waals surface area contributed by atoms with Crippen molar-refractivity contribution >= 4 is 0 Å². The summed E-state index contributed by atoms with van der Waals surface area (Å²) < 4.78 is 4.97. The Kier molecular flexibility index (Phi) is 2.90. The zero-order valence-corrected chi connectivity index (χ0v) is 14.3. The Labute approximate surface area is 143 Å². The highest BCUT2D eigenvalue weighted by Gasteiger charge is 2.34. The quantitative estimate of drug-likeness (QED) is 0.562. The SMILES string of the molecule is Cc1cccc2[n+]1CCc1ccc3c(c1-2)-c1cccc(C)[n+]1CC3. The van der Waals surface area contributed by atoms with Crippen LogP contribution in [-0.2, 0) is 25.9 Å². The second kappa shape index (κ2) is 5.01. The third kappa shape index (κ3) is 1.83. The van der Waals surface area contributed by atoms with Gasteiger partial charge >= 0.3 is 0 Å². The third-order valence-corrected chi connectivity index (χ3v) is 5.72. The molecule has 4 heterocycles. The number of hydrogen-bond donors (Lipinski definition) is 0. The Morgan fingerprint density at radius 1 is 0.625 bits per heavy atom. The van der Waals surface area contributed by atoms with E-state index in [1.54, 1.807) is 0 Å². The van der Waals surface area contributed by atoms with E-state index >= 15 is 0 Å². The number of rotatable bonds is 0. The first kappa shape index (κ1) is 13.9. The molecule has 0 amide bonds. The lowest BCUT2D eigenvalue weighted by Gasteiger charge is -2.23. The molecule has 3 aromatic rings. The van der Waals surface area contributed by atoms with E-state index in [0.29, 0.717) is 0 Å². The van der Waals surface area contributed by atoms with Gasteiger partial charge in [-0.25, -0.2) is 0 Å². The molecule has 0 aliphatic carbocycles. The number of benzene rings is 1. The van der Waals surface area contributed by atoms with E-state index in [1.165, 1.54) is 45.0 Å². The Hall–Kier alpha value is -2.48. The summed E-state index contributed by atoms with van der Waals surface area (Å²) in [6.45, 7) is 6.61. The lowest BCUT2D eigenvalue weighted by atomic mass is 9.85. The van der Waals surface area contributed by atoms with Crippen molar-refractivity contribution in [2.24, 2.45) is 0 Å². The molecule has 0 unspecified atom stereocenters. The van der Waals surface area contributed by atoms with Crippen molar-refractivity contribution < 1.29 is 9.13 Å². The molecule has 5 rings (SSSR count). The minimum atomic E-state index is 1.08. The molecule has 0 saturated carbocycles. The van der Waals surface area contributed by atoms with Gasteiger partial charge in [0.25, 0.3) is 0 Å². The minimum absolute atomic E-state index is 1.08. The smallest absolute Gasteiger partial charge is 0.196 e. The van der Waals surface area contributed by atoms with Gasteiger partial charge in [-0.1, -0.05) is 12.1 Å². The molecule has 2 aliphatic heterocycles. The minimum Gasteiger partial charge on any atom is -0.196 e. The van der Waals surface area contributed by atoms with Crippen molar-refractivity contribution in [3.8, 4) is 22.5 Å². The molecular formula is C22H22N2+2. The largest absolute Gasteiger partial charge is 0.213 e. The van der Waals surface area contributed by atoms with Crippen LogP contribution in [0.5, 0.6) is 0 Å². The molecular weight excluding hydrogens is 292 g/mol. The van der Waals surface area contributed by atoms with E-state index in [0.717, 1.165) is 25.9 Å². The highest BCUT2D eigenvalue weighted by molar-refractivity contribution is 5.84. The summed E-state index contributed by atoms with van der Waals surface area (Å²) in [7, 11) is 0. The normalized spacial score (nSPS) is 14.4. The number of hydrogen-bond acceptors (Lipinski definition) is 0. The van der Waals surface area contributed by atoms with Gasteiger partial charge in [0.2, 0.25) is 11.4 Å².